The van der Waals surface area contributed by atoms with Crippen molar-refractivity contribution in [3.05, 3.63) is 69.9 Å². The van der Waals surface area contributed by atoms with E-state index in [0.29, 0.717) is 14.9 Å². The van der Waals surface area contributed by atoms with Gasteiger partial charge in [0.15, 0.2) is 11.6 Å². The molecule has 0 saturated heterocycles. The molecule has 0 atom stereocenters. The van der Waals surface area contributed by atoms with Crippen LogP contribution in [0.2, 0.25) is 0 Å². The van der Waals surface area contributed by atoms with Crippen molar-refractivity contribution in [3.8, 4) is 5.69 Å². The molecule has 2 aromatic carbocycles. The first kappa shape index (κ1) is 18.4. The Balaban J connectivity index is 2.05. The predicted molar refractivity (Wildman–Crippen MR) is 90.5 cm³/mol. The summed E-state index contributed by atoms with van der Waals surface area (Å²) in [5.41, 5.74) is -1.36. The van der Waals surface area contributed by atoms with E-state index in [1.165, 1.54) is 12.1 Å². The number of anilines is 1. The maximum absolute atomic E-state index is 14.2. The van der Waals surface area contributed by atoms with Crippen molar-refractivity contribution in [2.75, 3.05) is 11.4 Å². The maximum atomic E-state index is 14.2. The van der Waals surface area contributed by atoms with E-state index in [2.05, 4.69) is 10.4 Å². The Kier molecular flexibility index (Phi) is 4.80. The summed E-state index contributed by atoms with van der Waals surface area (Å²) in [6, 6.07) is 6.21. The van der Waals surface area contributed by atoms with Gasteiger partial charge in [-0.2, -0.15) is 4.68 Å². The normalized spacial score (nSPS) is 10.9. The van der Waals surface area contributed by atoms with Crippen LogP contribution in [0.25, 0.3) is 5.69 Å². The Morgan fingerprint density at radius 3 is 2.33 bits per heavy atom. The molecule has 0 saturated carbocycles. The van der Waals surface area contributed by atoms with Gasteiger partial charge < -0.3 is 0 Å². The first-order valence-corrected chi connectivity index (χ1v) is 7.92. The summed E-state index contributed by atoms with van der Waals surface area (Å²) in [5.74, 6) is -2.76. The summed E-state index contributed by atoms with van der Waals surface area (Å²) in [5, 5.41) is 6.76. The van der Waals surface area contributed by atoms with Crippen LogP contribution in [-0.2, 0) is 0 Å². The van der Waals surface area contributed by atoms with Crippen molar-refractivity contribution in [1.29, 1.82) is 0 Å². The number of aryl methyl sites for hydroxylation is 1. The fraction of sp³-hybridized carbons (Fsp3) is 0.176. The molecular formula is C17H14F3N5O2. The summed E-state index contributed by atoms with van der Waals surface area (Å²) in [6.07, 6.45) is 0. The monoisotopic (exact) mass is 377 g/mol. The maximum Gasteiger partial charge on any atom is 0.377 e. The van der Waals surface area contributed by atoms with Crippen LogP contribution in [0, 0.1) is 24.4 Å². The summed E-state index contributed by atoms with van der Waals surface area (Å²) >= 11 is 0. The minimum atomic E-state index is -1.19. The molecule has 1 amide bonds. The van der Waals surface area contributed by atoms with Gasteiger partial charge in [0.1, 0.15) is 11.5 Å². The molecule has 0 bridgehead atoms. The first-order chi connectivity index (χ1) is 12.8. The summed E-state index contributed by atoms with van der Waals surface area (Å²) < 4.78 is 42.6. The van der Waals surface area contributed by atoms with E-state index in [0.717, 1.165) is 23.1 Å². The largest absolute Gasteiger partial charge is 0.377 e. The summed E-state index contributed by atoms with van der Waals surface area (Å²) in [6.45, 7) is 3.28. The minimum Gasteiger partial charge on any atom is -0.290 e. The molecule has 140 valence electrons. The lowest BCUT2D eigenvalue weighted by atomic mass is 10.2. The molecule has 7 nitrogen and oxygen atoms in total. The zero-order chi connectivity index (χ0) is 19.7. The highest BCUT2D eigenvalue weighted by Crippen LogP contribution is 2.21. The standard InChI is InChI=1S/C17H14F3N5O2/c1-3-23(14-8-7-10(2)9-13(14)20)16(26)25-17(27)24(21-22-25)15-11(18)5-4-6-12(15)19/h4-9H,3H2,1-2H3. The van der Waals surface area contributed by atoms with Crippen molar-refractivity contribution in [2.24, 2.45) is 0 Å². The van der Waals surface area contributed by atoms with E-state index in [4.69, 9.17) is 0 Å². The second-order valence-electron chi connectivity index (χ2n) is 5.64. The zero-order valence-electron chi connectivity index (χ0n) is 14.4. The third-order valence-corrected chi connectivity index (χ3v) is 3.85. The average molecular weight is 377 g/mol. The average Bonchev–Trinajstić information content (AvgIpc) is 2.98. The minimum absolute atomic E-state index is 0.0200. The lowest BCUT2D eigenvalue weighted by Crippen LogP contribution is -2.41. The van der Waals surface area contributed by atoms with Gasteiger partial charge in [-0.15, -0.1) is 4.68 Å². The van der Waals surface area contributed by atoms with Gasteiger partial charge in [0.25, 0.3) is 0 Å². The quantitative estimate of drug-likeness (QED) is 0.658. The second-order valence-corrected chi connectivity index (χ2v) is 5.64. The molecule has 0 radical (unpaired) electrons. The number of hydrogen-bond donors (Lipinski definition) is 0. The smallest absolute Gasteiger partial charge is 0.290 e. The van der Waals surface area contributed by atoms with Crippen LogP contribution < -0.4 is 10.6 Å². The number of halogens is 3. The number of tetrazole rings is 1. The molecule has 0 fully saturated rings. The van der Waals surface area contributed by atoms with E-state index in [9.17, 15) is 22.8 Å². The number of nitrogens with zero attached hydrogens (tertiary/aromatic N) is 5. The number of aromatic nitrogens is 4. The van der Waals surface area contributed by atoms with Crippen LogP contribution in [-0.4, -0.2) is 32.4 Å². The Labute approximate surface area is 151 Å². The zero-order valence-corrected chi connectivity index (χ0v) is 14.4. The molecule has 0 aliphatic carbocycles. The lowest BCUT2D eigenvalue weighted by Gasteiger charge is -2.20. The number of rotatable bonds is 3. The Morgan fingerprint density at radius 1 is 1.07 bits per heavy atom. The Morgan fingerprint density at radius 2 is 1.74 bits per heavy atom. The van der Waals surface area contributed by atoms with Gasteiger partial charge in [-0.25, -0.2) is 22.8 Å². The van der Waals surface area contributed by atoms with E-state index >= 15 is 0 Å². The molecule has 27 heavy (non-hydrogen) atoms. The van der Waals surface area contributed by atoms with Crippen LogP contribution in [0.1, 0.15) is 12.5 Å². The molecule has 3 rings (SSSR count). The van der Waals surface area contributed by atoms with Gasteiger partial charge >= 0.3 is 11.7 Å². The Hall–Kier alpha value is -3.43. The molecule has 1 heterocycles. The van der Waals surface area contributed by atoms with Crippen molar-refractivity contribution in [2.45, 2.75) is 13.8 Å². The molecule has 0 aliphatic rings. The third-order valence-electron chi connectivity index (χ3n) is 3.85. The van der Waals surface area contributed by atoms with E-state index in [1.807, 2.05) is 0 Å². The van der Waals surface area contributed by atoms with E-state index in [-0.39, 0.29) is 12.2 Å². The predicted octanol–water partition coefficient (Wildman–Crippen LogP) is 2.65. The number of hydrogen-bond acceptors (Lipinski definition) is 4. The van der Waals surface area contributed by atoms with Gasteiger partial charge in [-0.1, -0.05) is 12.1 Å². The summed E-state index contributed by atoms with van der Waals surface area (Å²) in [4.78, 5) is 26.1. The number of amides is 1. The first-order valence-electron chi connectivity index (χ1n) is 7.92. The molecule has 0 unspecified atom stereocenters. The van der Waals surface area contributed by atoms with Crippen molar-refractivity contribution in [1.82, 2.24) is 19.8 Å². The fourth-order valence-electron chi connectivity index (χ4n) is 2.55. The molecular weight excluding hydrogens is 363 g/mol. The third kappa shape index (κ3) is 3.21. The van der Waals surface area contributed by atoms with Crippen LogP contribution >= 0.6 is 0 Å². The second kappa shape index (κ2) is 7.06. The van der Waals surface area contributed by atoms with E-state index < -0.39 is 34.9 Å². The van der Waals surface area contributed by atoms with E-state index in [1.54, 1.807) is 19.9 Å². The molecule has 1 aromatic heterocycles. The highest BCUT2D eigenvalue weighted by atomic mass is 19.1. The fourth-order valence-corrected chi connectivity index (χ4v) is 2.55. The molecule has 0 N–H and O–H groups in total. The van der Waals surface area contributed by atoms with Crippen LogP contribution in [0.15, 0.2) is 41.2 Å². The van der Waals surface area contributed by atoms with Crippen molar-refractivity contribution < 1.29 is 18.0 Å². The van der Waals surface area contributed by atoms with Gasteiger partial charge in [-0.05, 0) is 54.1 Å². The number of carbonyl (C=O) groups excluding carboxylic acids is 1. The topological polar surface area (TPSA) is 73.0 Å². The molecule has 0 spiro atoms. The summed E-state index contributed by atoms with van der Waals surface area (Å²) in [7, 11) is 0. The highest BCUT2D eigenvalue weighted by Gasteiger charge is 2.25. The van der Waals surface area contributed by atoms with Gasteiger partial charge in [0, 0.05) is 6.54 Å². The molecule has 10 heteroatoms. The Bertz CT molecular complexity index is 1060. The lowest BCUT2D eigenvalue weighted by molar-refractivity contribution is 0.244. The van der Waals surface area contributed by atoms with Gasteiger partial charge in [0.05, 0.1) is 5.69 Å². The van der Waals surface area contributed by atoms with Crippen molar-refractivity contribution >= 4 is 11.7 Å². The molecule has 0 aliphatic heterocycles. The molecule has 3 aromatic rings. The van der Waals surface area contributed by atoms with Gasteiger partial charge in [-0.3, -0.25) is 4.90 Å². The van der Waals surface area contributed by atoms with Crippen molar-refractivity contribution in [3.63, 3.8) is 0 Å². The SMILES string of the molecule is CCN(C(=O)n1nnn(-c2c(F)cccc2F)c1=O)c1ccc(C)cc1F. The number of carbonyl (C=O) groups is 1. The highest BCUT2D eigenvalue weighted by molar-refractivity contribution is 5.92. The number of benzene rings is 2. The van der Waals surface area contributed by atoms with Crippen LogP contribution in [0.3, 0.4) is 0 Å². The van der Waals surface area contributed by atoms with Gasteiger partial charge in [0.2, 0.25) is 0 Å². The number of para-hydroxylation sites is 1. The van der Waals surface area contributed by atoms with Crippen LogP contribution in [0.4, 0.5) is 23.7 Å². The van der Waals surface area contributed by atoms with Crippen LogP contribution in [0.5, 0.6) is 0 Å².